The summed E-state index contributed by atoms with van der Waals surface area (Å²) in [4.78, 5) is 25.5. The molecule has 0 aromatic heterocycles. The van der Waals surface area contributed by atoms with Gasteiger partial charge in [-0.3, -0.25) is 4.79 Å². The molecular weight excluding hydrogens is 420 g/mol. The maximum atomic E-state index is 13.4. The van der Waals surface area contributed by atoms with Gasteiger partial charge in [-0.2, -0.15) is 8.70 Å². The van der Waals surface area contributed by atoms with Crippen molar-refractivity contribution < 1.29 is 19.1 Å². The minimum absolute atomic E-state index is 0.318. The highest BCUT2D eigenvalue weighted by Gasteiger charge is 2.57. The summed E-state index contributed by atoms with van der Waals surface area (Å²) in [6.45, 7) is 3.97. The number of nitrogens with zero attached hydrogens (tertiary/aromatic N) is 2. The average molecular weight is 443 g/mol. The van der Waals surface area contributed by atoms with Crippen LogP contribution in [0.25, 0.3) is 0 Å². The fourth-order valence-corrected chi connectivity index (χ4v) is 6.41. The summed E-state index contributed by atoms with van der Waals surface area (Å²) >= 11 is 2.64. The van der Waals surface area contributed by atoms with Crippen molar-refractivity contribution in [2.45, 2.75) is 36.1 Å². The Morgan fingerprint density at radius 3 is 2.13 bits per heavy atom. The lowest BCUT2D eigenvalue weighted by Gasteiger charge is -2.29. The number of methoxy groups -OCH3 is 1. The van der Waals surface area contributed by atoms with Crippen LogP contribution in [0.4, 0.5) is 0 Å². The van der Waals surface area contributed by atoms with E-state index in [4.69, 9.17) is 9.47 Å². The van der Waals surface area contributed by atoms with E-state index in [0.29, 0.717) is 5.71 Å². The Morgan fingerprint density at radius 1 is 1.03 bits per heavy atom. The maximum absolute atomic E-state index is 13.4. The lowest BCUT2D eigenvalue weighted by Crippen LogP contribution is -2.46. The lowest BCUT2D eigenvalue weighted by atomic mass is 10.00. The fraction of sp³-hybridized carbons (Fsp3) is 0.318. The third-order valence-corrected chi connectivity index (χ3v) is 7.61. The number of rotatable bonds is 5. The van der Waals surface area contributed by atoms with Crippen molar-refractivity contribution in [1.82, 2.24) is 4.31 Å². The second-order valence-corrected chi connectivity index (χ2v) is 10.0. The van der Waals surface area contributed by atoms with E-state index < -0.39 is 22.9 Å². The molecule has 0 N–H and O–H groups in total. The van der Waals surface area contributed by atoms with Crippen molar-refractivity contribution in [2.75, 3.05) is 7.11 Å². The Hall–Kier alpha value is -2.29. The van der Waals surface area contributed by atoms with Crippen molar-refractivity contribution in [3.05, 3.63) is 71.8 Å². The number of esters is 2. The zero-order chi connectivity index (χ0) is 21.3. The number of fused-ring (bicyclic) bond motifs is 1. The van der Waals surface area contributed by atoms with E-state index in [1.54, 1.807) is 0 Å². The first-order valence-corrected chi connectivity index (χ1v) is 11.1. The molecule has 2 aromatic rings. The Morgan fingerprint density at radius 2 is 1.60 bits per heavy atom. The largest absolute Gasteiger partial charge is 0.464 e. The highest BCUT2D eigenvalue weighted by molar-refractivity contribution is 8.05. The van der Waals surface area contributed by atoms with Gasteiger partial charge in [-0.1, -0.05) is 60.7 Å². The van der Waals surface area contributed by atoms with Crippen molar-refractivity contribution >= 4 is 41.5 Å². The molecule has 2 aliphatic heterocycles. The molecule has 0 spiro atoms. The Balaban J connectivity index is 1.61. The summed E-state index contributed by atoms with van der Waals surface area (Å²) in [7, 11) is 1.33. The van der Waals surface area contributed by atoms with Crippen LogP contribution in [0.1, 0.15) is 31.1 Å². The third-order valence-electron chi connectivity index (χ3n) is 5.08. The number of ether oxygens (including phenoxy) is 2. The van der Waals surface area contributed by atoms with Crippen LogP contribution in [0.2, 0.25) is 0 Å². The number of carbonyl (C=O) groups excluding carboxylic acids is 2. The predicted molar refractivity (Wildman–Crippen MR) is 119 cm³/mol. The summed E-state index contributed by atoms with van der Waals surface area (Å²) in [6.07, 6.45) is -0.520. The van der Waals surface area contributed by atoms with Gasteiger partial charge in [0.15, 0.2) is 11.8 Å². The van der Waals surface area contributed by atoms with E-state index in [2.05, 4.69) is 4.40 Å². The highest BCUT2D eigenvalue weighted by atomic mass is 32.2. The van der Waals surface area contributed by atoms with Crippen molar-refractivity contribution in [3.63, 3.8) is 0 Å². The topological polar surface area (TPSA) is 68.2 Å². The van der Waals surface area contributed by atoms with Gasteiger partial charge >= 0.3 is 11.9 Å². The van der Waals surface area contributed by atoms with Crippen LogP contribution in [-0.2, 0) is 19.1 Å². The first-order valence-electron chi connectivity index (χ1n) is 9.52. The SMILES string of the molecule is COC(=O)C1=NSN2[C@@H](C(=O)OC(c3ccccc3)c3ccccc3)C(C)(C)S[C@@H]12. The number of benzene rings is 2. The summed E-state index contributed by atoms with van der Waals surface area (Å²) < 4.78 is 16.6. The van der Waals surface area contributed by atoms with Crippen LogP contribution < -0.4 is 0 Å². The smallest absolute Gasteiger partial charge is 0.355 e. The molecular formula is C22H22N2O4S2. The van der Waals surface area contributed by atoms with Gasteiger partial charge in [-0.05, 0) is 25.0 Å². The van der Waals surface area contributed by atoms with E-state index in [9.17, 15) is 9.59 Å². The first kappa shape index (κ1) is 21.0. The molecule has 0 unspecified atom stereocenters. The minimum atomic E-state index is -0.571. The molecule has 0 radical (unpaired) electrons. The van der Waals surface area contributed by atoms with Gasteiger partial charge in [0.1, 0.15) is 11.4 Å². The molecule has 0 amide bonds. The molecule has 2 aromatic carbocycles. The summed E-state index contributed by atoms with van der Waals surface area (Å²) in [6, 6.07) is 18.8. The maximum Gasteiger partial charge on any atom is 0.355 e. The first-order chi connectivity index (χ1) is 14.4. The zero-order valence-electron chi connectivity index (χ0n) is 16.8. The molecule has 2 atom stereocenters. The van der Waals surface area contributed by atoms with Gasteiger partial charge in [0.05, 0.1) is 19.2 Å². The van der Waals surface area contributed by atoms with Gasteiger partial charge in [-0.15, -0.1) is 11.8 Å². The third kappa shape index (κ3) is 3.87. The summed E-state index contributed by atoms with van der Waals surface area (Å²) in [5, 5.41) is -0.345. The number of carbonyl (C=O) groups is 2. The van der Waals surface area contributed by atoms with Crippen LogP contribution in [0.5, 0.6) is 0 Å². The van der Waals surface area contributed by atoms with Gasteiger partial charge in [0.2, 0.25) is 0 Å². The summed E-state index contributed by atoms with van der Waals surface area (Å²) in [5.74, 6) is -0.819. The summed E-state index contributed by atoms with van der Waals surface area (Å²) in [5.41, 5.74) is 2.12. The number of thioether (sulfide) groups is 1. The predicted octanol–water partition coefficient (Wildman–Crippen LogP) is 4.03. The molecule has 2 aliphatic rings. The molecule has 8 heteroatoms. The van der Waals surface area contributed by atoms with E-state index in [1.807, 2.05) is 78.8 Å². The van der Waals surface area contributed by atoms with Crippen LogP contribution in [-0.4, -0.2) is 45.2 Å². The lowest BCUT2D eigenvalue weighted by molar-refractivity contribution is -0.152. The second kappa shape index (κ2) is 8.45. The van der Waals surface area contributed by atoms with E-state index in [0.717, 1.165) is 23.3 Å². The fourth-order valence-electron chi connectivity index (χ4n) is 3.64. The molecule has 1 saturated heterocycles. The average Bonchev–Trinajstić information content (AvgIpc) is 3.26. The molecule has 6 nitrogen and oxygen atoms in total. The monoisotopic (exact) mass is 442 g/mol. The van der Waals surface area contributed by atoms with Gasteiger partial charge in [0, 0.05) is 4.75 Å². The van der Waals surface area contributed by atoms with Crippen LogP contribution >= 0.6 is 23.9 Å². The minimum Gasteiger partial charge on any atom is -0.464 e. The number of hydrogen-bond donors (Lipinski definition) is 0. The molecule has 156 valence electrons. The van der Waals surface area contributed by atoms with Crippen molar-refractivity contribution in [3.8, 4) is 0 Å². The highest BCUT2D eigenvalue weighted by Crippen LogP contribution is 2.52. The van der Waals surface area contributed by atoms with Crippen molar-refractivity contribution in [2.24, 2.45) is 4.40 Å². The second-order valence-electron chi connectivity index (χ2n) is 7.52. The van der Waals surface area contributed by atoms with E-state index in [1.165, 1.54) is 18.9 Å². The standard InChI is InChI=1S/C22H22N2O4S2/c1-22(2)18(24-19(29-22)16(23-30-24)20(25)27-3)21(26)28-17(14-10-6-4-7-11-14)15-12-8-5-9-13-15/h4-13,17-19H,1-3H3/t18-,19-/m0/s1. The molecule has 2 heterocycles. The Bertz CT molecular complexity index is 926. The molecule has 0 bridgehead atoms. The van der Waals surface area contributed by atoms with Gasteiger partial charge in [-0.25, -0.2) is 4.79 Å². The van der Waals surface area contributed by atoms with Crippen LogP contribution in [0, 0.1) is 0 Å². The zero-order valence-corrected chi connectivity index (χ0v) is 18.5. The Kier molecular flexibility index (Phi) is 5.90. The molecule has 1 fully saturated rings. The molecule has 0 saturated carbocycles. The number of hydrogen-bond acceptors (Lipinski definition) is 8. The van der Waals surface area contributed by atoms with Gasteiger partial charge in [0.25, 0.3) is 0 Å². The molecule has 0 aliphatic carbocycles. The van der Waals surface area contributed by atoms with Gasteiger partial charge < -0.3 is 9.47 Å². The van der Waals surface area contributed by atoms with E-state index in [-0.39, 0.29) is 11.3 Å². The Labute approximate surface area is 184 Å². The molecule has 4 rings (SSSR count). The van der Waals surface area contributed by atoms with Crippen LogP contribution in [0.3, 0.4) is 0 Å². The van der Waals surface area contributed by atoms with Crippen molar-refractivity contribution in [1.29, 1.82) is 0 Å². The molecule has 30 heavy (non-hydrogen) atoms. The van der Waals surface area contributed by atoms with E-state index >= 15 is 0 Å². The normalized spacial score (nSPS) is 22.5. The quantitative estimate of drug-likeness (QED) is 0.511. The van der Waals surface area contributed by atoms with Crippen LogP contribution in [0.15, 0.2) is 65.1 Å².